The first kappa shape index (κ1) is 15.0. The molecule has 0 radical (unpaired) electrons. The second kappa shape index (κ2) is 5.20. The van der Waals surface area contributed by atoms with Crippen molar-refractivity contribution >= 4 is 11.9 Å². The summed E-state index contributed by atoms with van der Waals surface area (Å²) in [7, 11) is 0. The first-order chi connectivity index (χ1) is 8.54. The third kappa shape index (κ3) is 1.98. The Bertz CT molecular complexity index is 460. The van der Waals surface area contributed by atoms with Crippen molar-refractivity contribution < 1.29 is 49.4 Å². The van der Waals surface area contributed by atoms with E-state index in [-0.39, 0.29) is 53.1 Å². The number of nitrogens with zero attached hydrogens (tertiary/aromatic N) is 1. The molecule has 5 nitrogen and oxygen atoms in total. The summed E-state index contributed by atoms with van der Waals surface area (Å²) in [6.45, 7) is 1.60. The van der Waals surface area contributed by atoms with Gasteiger partial charge in [0.05, 0.1) is 29.7 Å². The Hall–Kier alpha value is -0.360. The molecule has 98 valence electrons. The number of rotatable bonds is 2. The smallest absolute Gasteiger partial charge is 0.543 e. The molecular formula is C13H16NNaO4. The number of aliphatic hydroxyl groups is 1. The second-order valence-corrected chi connectivity index (χ2v) is 5.48. The monoisotopic (exact) mass is 273 g/mol. The van der Waals surface area contributed by atoms with Crippen LogP contribution in [0, 0.1) is 11.8 Å². The van der Waals surface area contributed by atoms with Crippen molar-refractivity contribution in [1.29, 1.82) is 0 Å². The molecule has 6 heteroatoms. The number of aliphatic hydroxyl groups excluding tert-OH is 1. The first-order valence-electron chi connectivity index (χ1n) is 6.49. The topological polar surface area (TPSA) is 80.7 Å². The van der Waals surface area contributed by atoms with Gasteiger partial charge in [0.2, 0.25) is 5.91 Å². The maximum atomic E-state index is 12.0. The summed E-state index contributed by atoms with van der Waals surface area (Å²) >= 11 is 0. The van der Waals surface area contributed by atoms with Gasteiger partial charge in [-0.3, -0.25) is 4.79 Å². The van der Waals surface area contributed by atoms with Gasteiger partial charge in [0, 0.05) is 5.92 Å². The Balaban J connectivity index is 0.00000133. The van der Waals surface area contributed by atoms with Gasteiger partial charge in [0.1, 0.15) is 0 Å². The summed E-state index contributed by atoms with van der Waals surface area (Å²) in [5.41, 5.74) is 0.953. The van der Waals surface area contributed by atoms with Crippen LogP contribution in [0.5, 0.6) is 0 Å². The Morgan fingerprint density at radius 3 is 2.74 bits per heavy atom. The molecule has 0 spiro atoms. The van der Waals surface area contributed by atoms with Crippen LogP contribution in [0.1, 0.15) is 32.6 Å². The van der Waals surface area contributed by atoms with Crippen LogP contribution in [-0.4, -0.2) is 34.0 Å². The largest absolute Gasteiger partial charge is 1.00 e. The van der Waals surface area contributed by atoms with Crippen LogP contribution >= 0.6 is 0 Å². The number of hydrogen-bond acceptors (Lipinski definition) is 4. The average Bonchev–Trinajstić information content (AvgIpc) is 2.60. The van der Waals surface area contributed by atoms with E-state index in [2.05, 4.69) is 0 Å². The molecule has 1 aliphatic carbocycles. The Morgan fingerprint density at radius 1 is 1.47 bits per heavy atom. The van der Waals surface area contributed by atoms with Gasteiger partial charge >= 0.3 is 29.6 Å². The molecule has 3 rings (SSSR count). The van der Waals surface area contributed by atoms with Gasteiger partial charge in [0.25, 0.3) is 0 Å². The molecule has 0 bridgehead atoms. The fraction of sp³-hybridized carbons (Fsp3) is 0.692. The Labute approximate surface area is 133 Å². The third-order valence-electron chi connectivity index (χ3n) is 4.52. The zero-order chi connectivity index (χ0) is 13.0. The summed E-state index contributed by atoms with van der Waals surface area (Å²) in [6.07, 6.45) is 2.95. The molecule has 4 atom stereocenters. The van der Waals surface area contributed by atoms with Crippen molar-refractivity contribution in [3.8, 4) is 0 Å². The molecule has 3 aliphatic rings. The third-order valence-corrected chi connectivity index (χ3v) is 4.52. The van der Waals surface area contributed by atoms with Gasteiger partial charge in [-0.2, -0.15) is 0 Å². The van der Waals surface area contributed by atoms with Crippen LogP contribution in [0.2, 0.25) is 0 Å². The number of carbonyl (C=O) groups excluding carboxylic acids is 2. The average molecular weight is 273 g/mol. The molecule has 1 N–H and O–H groups in total. The minimum atomic E-state index is -1.25. The molecule has 1 amide bonds. The molecule has 2 aliphatic heterocycles. The molecule has 19 heavy (non-hydrogen) atoms. The van der Waals surface area contributed by atoms with Crippen LogP contribution in [-0.2, 0) is 9.59 Å². The SMILES string of the molecule is C[C@@H](O)[C@H]1C(=O)N2C(C(=O)[O-])=C3CCCCC3[C@@H]12.[Na+]. The van der Waals surface area contributed by atoms with Gasteiger partial charge in [-0.25, -0.2) is 0 Å². The first-order valence-corrected chi connectivity index (χ1v) is 6.49. The quantitative estimate of drug-likeness (QED) is 0.416. The van der Waals surface area contributed by atoms with Crippen molar-refractivity contribution in [3.63, 3.8) is 0 Å². The number of carboxylic acid groups (broad SMARTS) is 1. The molecule has 1 saturated heterocycles. The molecule has 2 fully saturated rings. The van der Waals surface area contributed by atoms with E-state index >= 15 is 0 Å². The standard InChI is InChI=1S/C13H17NO4.Na/c1-6(15)9-10-7-4-2-3-5-8(7)11(13(17)18)14(10)12(9)16;/h6-7,9-10,15H,2-5H2,1H3,(H,17,18);/q;+1/p-1/t6-,7?,9-,10+;/m1./s1. The van der Waals surface area contributed by atoms with Crippen molar-refractivity contribution in [1.82, 2.24) is 4.90 Å². The van der Waals surface area contributed by atoms with Gasteiger partial charge in [-0.05, 0) is 31.8 Å². The normalized spacial score (nSPS) is 34.1. The number of carboxylic acids is 1. The van der Waals surface area contributed by atoms with E-state index < -0.39 is 18.0 Å². The van der Waals surface area contributed by atoms with Crippen LogP contribution < -0.4 is 34.7 Å². The van der Waals surface area contributed by atoms with Crippen molar-refractivity contribution in [2.24, 2.45) is 11.8 Å². The molecule has 0 aromatic rings. The maximum absolute atomic E-state index is 12.0. The van der Waals surface area contributed by atoms with Crippen LogP contribution in [0.15, 0.2) is 11.3 Å². The second-order valence-electron chi connectivity index (χ2n) is 5.48. The van der Waals surface area contributed by atoms with E-state index in [1.165, 1.54) is 4.90 Å². The Morgan fingerprint density at radius 2 is 2.16 bits per heavy atom. The summed E-state index contributed by atoms with van der Waals surface area (Å²) in [5.74, 6) is -1.85. The zero-order valence-corrected chi connectivity index (χ0v) is 13.3. The zero-order valence-electron chi connectivity index (χ0n) is 11.3. The van der Waals surface area contributed by atoms with Gasteiger partial charge < -0.3 is 19.9 Å². The van der Waals surface area contributed by atoms with E-state index in [0.29, 0.717) is 0 Å². The van der Waals surface area contributed by atoms with Crippen molar-refractivity contribution in [3.05, 3.63) is 11.3 Å². The van der Waals surface area contributed by atoms with E-state index in [0.717, 1.165) is 31.3 Å². The molecule has 1 saturated carbocycles. The number of amides is 1. The van der Waals surface area contributed by atoms with Crippen LogP contribution in [0.25, 0.3) is 0 Å². The van der Waals surface area contributed by atoms with Crippen molar-refractivity contribution in [2.75, 3.05) is 0 Å². The summed E-state index contributed by atoms with van der Waals surface area (Å²) < 4.78 is 0. The number of aliphatic carboxylic acids is 1. The number of hydrogen-bond donors (Lipinski definition) is 1. The van der Waals surface area contributed by atoms with E-state index in [1.54, 1.807) is 6.92 Å². The molecular weight excluding hydrogens is 257 g/mol. The van der Waals surface area contributed by atoms with E-state index in [9.17, 15) is 19.8 Å². The fourth-order valence-corrected chi connectivity index (χ4v) is 3.81. The molecule has 1 unspecified atom stereocenters. The van der Waals surface area contributed by atoms with Crippen LogP contribution in [0.3, 0.4) is 0 Å². The van der Waals surface area contributed by atoms with Crippen molar-refractivity contribution in [2.45, 2.75) is 44.8 Å². The predicted molar refractivity (Wildman–Crippen MR) is 59.8 cm³/mol. The van der Waals surface area contributed by atoms with Gasteiger partial charge in [-0.1, -0.05) is 6.42 Å². The van der Waals surface area contributed by atoms with E-state index in [4.69, 9.17) is 0 Å². The molecule has 2 heterocycles. The maximum Gasteiger partial charge on any atom is 1.00 e. The number of carbonyl (C=O) groups is 2. The predicted octanol–water partition coefficient (Wildman–Crippen LogP) is -3.59. The van der Waals surface area contributed by atoms with Gasteiger partial charge in [0.15, 0.2) is 0 Å². The van der Waals surface area contributed by atoms with Gasteiger partial charge in [-0.15, -0.1) is 0 Å². The number of fused-ring (bicyclic) bond motifs is 3. The summed E-state index contributed by atoms with van der Waals surface area (Å²) in [5, 5.41) is 20.9. The number of β-lactam (4-membered cyclic amide) rings is 1. The molecule has 0 aromatic carbocycles. The summed E-state index contributed by atoms with van der Waals surface area (Å²) in [6, 6.07) is -0.152. The minimum Gasteiger partial charge on any atom is -0.543 e. The minimum absolute atomic E-state index is 0. The molecule has 0 aromatic heterocycles. The van der Waals surface area contributed by atoms with Crippen LogP contribution in [0.4, 0.5) is 0 Å². The summed E-state index contributed by atoms with van der Waals surface area (Å²) in [4.78, 5) is 24.6. The Kier molecular flexibility index (Phi) is 4.12. The van der Waals surface area contributed by atoms with E-state index in [1.807, 2.05) is 0 Å². The fourth-order valence-electron chi connectivity index (χ4n) is 3.81.